The number of hydrogen-bond donors (Lipinski definition) is 1. The van der Waals surface area contributed by atoms with E-state index in [1.165, 1.54) is 0 Å². The van der Waals surface area contributed by atoms with Crippen molar-refractivity contribution in [2.75, 3.05) is 13.2 Å². The maximum Gasteiger partial charge on any atom is 0.256 e. The van der Waals surface area contributed by atoms with E-state index < -0.39 is 0 Å². The van der Waals surface area contributed by atoms with Crippen LogP contribution in [0.3, 0.4) is 0 Å². The highest BCUT2D eigenvalue weighted by Gasteiger charge is 2.27. The van der Waals surface area contributed by atoms with Gasteiger partial charge in [-0.05, 0) is 25.0 Å². The monoisotopic (exact) mass is 285 g/mol. The van der Waals surface area contributed by atoms with Crippen LogP contribution in [-0.2, 0) is 0 Å². The van der Waals surface area contributed by atoms with Gasteiger partial charge in [0.05, 0.1) is 23.7 Å². The van der Waals surface area contributed by atoms with Gasteiger partial charge in [0, 0.05) is 18.9 Å². The molecule has 0 spiro atoms. The normalized spacial score (nSPS) is 19.5. The van der Waals surface area contributed by atoms with E-state index in [-0.39, 0.29) is 18.6 Å². The summed E-state index contributed by atoms with van der Waals surface area (Å²) in [4.78, 5) is 23.2. The molecule has 0 radical (unpaired) electrons. The summed E-state index contributed by atoms with van der Waals surface area (Å²) in [6.45, 7) is 0.711. The molecule has 1 aromatic carbocycles. The van der Waals surface area contributed by atoms with Crippen molar-refractivity contribution in [2.24, 2.45) is 0 Å². The van der Waals surface area contributed by atoms with E-state index in [0.717, 1.165) is 31.2 Å². The van der Waals surface area contributed by atoms with Crippen molar-refractivity contribution in [2.45, 2.75) is 31.7 Å². The Labute approximate surface area is 123 Å². The number of amides is 1. The molecule has 0 saturated carbocycles. The molecule has 3 rings (SSSR count). The lowest BCUT2D eigenvalue weighted by molar-refractivity contribution is 0.0601. The number of carbonyl (C=O) groups is 1. The number of hydrogen-bond acceptors (Lipinski definition) is 4. The number of aliphatic hydroxyl groups excluding tert-OH is 1. The number of fused-ring (bicyclic) bond motifs is 1. The maximum atomic E-state index is 12.9. The van der Waals surface area contributed by atoms with E-state index in [1.807, 2.05) is 12.1 Å². The lowest BCUT2D eigenvalue weighted by atomic mass is 10.1. The summed E-state index contributed by atoms with van der Waals surface area (Å²) in [5.74, 6) is -0.0537. The Bertz CT molecular complexity index is 639. The Hall–Kier alpha value is -2.01. The molecular weight excluding hydrogens is 266 g/mol. The van der Waals surface area contributed by atoms with Gasteiger partial charge in [0.15, 0.2) is 0 Å². The largest absolute Gasteiger partial charge is 0.394 e. The van der Waals surface area contributed by atoms with Gasteiger partial charge in [0.25, 0.3) is 5.91 Å². The molecule has 110 valence electrons. The fourth-order valence-electron chi connectivity index (χ4n) is 2.95. The van der Waals surface area contributed by atoms with Crippen LogP contribution in [-0.4, -0.2) is 45.1 Å². The van der Waals surface area contributed by atoms with E-state index in [2.05, 4.69) is 9.97 Å². The lowest BCUT2D eigenvalue weighted by Gasteiger charge is -2.28. The number of carbonyl (C=O) groups excluding carboxylic acids is 1. The first-order valence-electron chi connectivity index (χ1n) is 7.43. The molecule has 5 heteroatoms. The van der Waals surface area contributed by atoms with Crippen LogP contribution in [0.15, 0.2) is 30.6 Å². The third-order valence-electron chi connectivity index (χ3n) is 4.08. The van der Waals surface area contributed by atoms with Gasteiger partial charge in [0.2, 0.25) is 0 Å². The number of aromatic nitrogens is 2. The van der Waals surface area contributed by atoms with Gasteiger partial charge in [-0.3, -0.25) is 14.8 Å². The first-order chi connectivity index (χ1) is 10.3. The quantitative estimate of drug-likeness (QED) is 0.916. The Morgan fingerprint density at radius 3 is 2.95 bits per heavy atom. The molecule has 1 aromatic heterocycles. The zero-order valence-electron chi connectivity index (χ0n) is 11.9. The van der Waals surface area contributed by atoms with Crippen molar-refractivity contribution >= 4 is 16.9 Å². The predicted octanol–water partition coefficient (Wildman–Crippen LogP) is 2.01. The van der Waals surface area contributed by atoms with Crippen molar-refractivity contribution in [3.63, 3.8) is 0 Å². The molecule has 2 aromatic rings. The Kier molecular flexibility index (Phi) is 4.10. The van der Waals surface area contributed by atoms with E-state index >= 15 is 0 Å². The Morgan fingerprint density at radius 2 is 2.10 bits per heavy atom. The summed E-state index contributed by atoms with van der Waals surface area (Å²) in [6.07, 6.45) is 7.24. The minimum Gasteiger partial charge on any atom is -0.394 e. The lowest BCUT2D eigenvalue weighted by Crippen LogP contribution is -2.42. The van der Waals surface area contributed by atoms with Gasteiger partial charge in [-0.15, -0.1) is 0 Å². The van der Waals surface area contributed by atoms with Gasteiger partial charge in [-0.2, -0.15) is 0 Å². The molecule has 1 fully saturated rings. The molecule has 1 atom stereocenters. The van der Waals surface area contributed by atoms with E-state index in [9.17, 15) is 9.90 Å². The van der Waals surface area contributed by atoms with E-state index in [0.29, 0.717) is 17.6 Å². The van der Waals surface area contributed by atoms with Crippen LogP contribution >= 0.6 is 0 Å². The van der Waals surface area contributed by atoms with Crippen molar-refractivity contribution in [1.29, 1.82) is 0 Å². The van der Waals surface area contributed by atoms with Gasteiger partial charge in [-0.25, -0.2) is 0 Å². The SMILES string of the molecule is O=C(c1cccc2nccnc12)N1CCCCCC1CO. The topological polar surface area (TPSA) is 66.3 Å². The van der Waals surface area contributed by atoms with Gasteiger partial charge in [-0.1, -0.05) is 18.9 Å². The number of likely N-dealkylation sites (tertiary alicyclic amines) is 1. The first kappa shape index (κ1) is 13.9. The molecule has 2 heterocycles. The third-order valence-corrected chi connectivity index (χ3v) is 4.08. The van der Waals surface area contributed by atoms with Crippen LogP contribution in [0.2, 0.25) is 0 Å². The molecule has 1 aliphatic rings. The van der Waals surface area contributed by atoms with E-state index in [4.69, 9.17) is 0 Å². The number of para-hydroxylation sites is 1. The molecule has 0 aliphatic carbocycles. The van der Waals surface area contributed by atoms with Gasteiger partial charge < -0.3 is 10.0 Å². The standard InChI is InChI=1S/C16H19N3O2/c20-11-12-5-2-1-3-10-19(12)16(21)13-6-4-7-14-15(13)18-9-8-17-14/h4,6-9,12,20H,1-3,5,10-11H2. The van der Waals surface area contributed by atoms with Crippen molar-refractivity contribution in [1.82, 2.24) is 14.9 Å². The highest BCUT2D eigenvalue weighted by atomic mass is 16.3. The highest BCUT2D eigenvalue weighted by Crippen LogP contribution is 2.22. The van der Waals surface area contributed by atoms with Crippen molar-refractivity contribution in [3.05, 3.63) is 36.2 Å². The Morgan fingerprint density at radius 1 is 1.24 bits per heavy atom. The fraction of sp³-hybridized carbons (Fsp3) is 0.438. The average Bonchev–Trinajstić information content (AvgIpc) is 2.79. The van der Waals surface area contributed by atoms with Gasteiger partial charge in [0.1, 0.15) is 5.52 Å². The second-order valence-corrected chi connectivity index (χ2v) is 5.41. The zero-order valence-corrected chi connectivity index (χ0v) is 11.9. The second kappa shape index (κ2) is 6.18. The zero-order chi connectivity index (χ0) is 14.7. The van der Waals surface area contributed by atoms with Crippen molar-refractivity contribution < 1.29 is 9.90 Å². The molecule has 1 amide bonds. The van der Waals surface area contributed by atoms with Crippen molar-refractivity contribution in [3.8, 4) is 0 Å². The minimum absolute atomic E-state index is 0.0161. The molecule has 21 heavy (non-hydrogen) atoms. The summed E-state index contributed by atoms with van der Waals surface area (Å²) in [5, 5.41) is 9.57. The predicted molar refractivity (Wildman–Crippen MR) is 79.9 cm³/mol. The summed E-state index contributed by atoms with van der Waals surface area (Å²) in [7, 11) is 0. The molecule has 1 saturated heterocycles. The Balaban J connectivity index is 1.99. The summed E-state index contributed by atoms with van der Waals surface area (Å²) in [6, 6.07) is 5.38. The summed E-state index contributed by atoms with van der Waals surface area (Å²) < 4.78 is 0. The van der Waals surface area contributed by atoms with Crippen LogP contribution in [0.4, 0.5) is 0 Å². The first-order valence-corrected chi connectivity index (χ1v) is 7.43. The third kappa shape index (κ3) is 2.74. The second-order valence-electron chi connectivity index (χ2n) is 5.41. The average molecular weight is 285 g/mol. The number of aliphatic hydroxyl groups is 1. The van der Waals surface area contributed by atoms with Crippen LogP contribution < -0.4 is 0 Å². The number of nitrogens with zero attached hydrogens (tertiary/aromatic N) is 3. The maximum absolute atomic E-state index is 12.9. The summed E-state index contributed by atoms with van der Waals surface area (Å²) >= 11 is 0. The molecular formula is C16H19N3O2. The fourth-order valence-corrected chi connectivity index (χ4v) is 2.95. The smallest absolute Gasteiger partial charge is 0.256 e. The molecule has 1 N–H and O–H groups in total. The molecule has 5 nitrogen and oxygen atoms in total. The molecule has 1 aliphatic heterocycles. The molecule has 1 unspecified atom stereocenters. The van der Waals surface area contributed by atoms with Crippen LogP contribution in [0, 0.1) is 0 Å². The van der Waals surface area contributed by atoms with Crippen LogP contribution in [0.1, 0.15) is 36.0 Å². The minimum atomic E-state index is -0.0908. The molecule has 0 bridgehead atoms. The number of rotatable bonds is 2. The summed E-state index contributed by atoms with van der Waals surface area (Å²) in [5.41, 5.74) is 1.92. The number of benzene rings is 1. The van der Waals surface area contributed by atoms with E-state index in [1.54, 1.807) is 23.4 Å². The van der Waals surface area contributed by atoms with Crippen LogP contribution in [0.5, 0.6) is 0 Å². The van der Waals surface area contributed by atoms with Gasteiger partial charge >= 0.3 is 0 Å². The highest BCUT2D eigenvalue weighted by molar-refractivity contribution is 6.04. The van der Waals surface area contributed by atoms with Crippen LogP contribution in [0.25, 0.3) is 11.0 Å².